The molecular formula is C37H70NO6+. The lowest BCUT2D eigenvalue weighted by Crippen LogP contribution is -2.52. The van der Waals surface area contributed by atoms with E-state index in [1.807, 2.05) is 0 Å². The Bertz CT molecular complexity index is 707. The number of aliphatic carboxylic acids is 3. The van der Waals surface area contributed by atoms with Crippen LogP contribution in [0.4, 0.5) is 0 Å². The first-order valence-corrected chi connectivity index (χ1v) is 18.2. The van der Waals surface area contributed by atoms with Gasteiger partial charge in [-0.3, -0.25) is 14.4 Å². The number of quaternary nitrogens is 1. The zero-order valence-electron chi connectivity index (χ0n) is 29.1. The van der Waals surface area contributed by atoms with Crippen molar-refractivity contribution in [3.05, 3.63) is 12.2 Å². The van der Waals surface area contributed by atoms with E-state index in [4.69, 9.17) is 0 Å². The molecule has 7 nitrogen and oxygen atoms in total. The largest absolute Gasteiger partial charge is 0.481 e. The average Bonchev–Trinajstić information content (AvgIpc) is 2.99. The highest BCUT2D eigenvalue weighted by molar-refractivity contribution is 5.70. The highest BCUT2D eigenvalue weighted by atomic mass is 16.4. The Hall–Kier alpha value is -1.89. The van der Waals surface area contributed by atoms with Gasteiger partial charge in [0.1, 0.15) is 0 Å². The summed E-state index contributed by atoms with van der Waals surface area (Å²) in [4.78, 5) is 34.5. The van der Waals surface area contributed by atoms with E-state index in [0.717, 1.165) is 19.4 Å². The van der Waals surface area contributed by atoms with Crippen LogP contribution in [0.5, 0.6) is 0 Å². The Morgan fingerprint density at radius 1 is 0.477 bits per heavy atom. The molecule has 0 aromatic rings. The standard InChI is InChI=1S/C37H69NO6/c1-5-6-7-8-9-10-11-12-13-14-15-16-17-18-19-20-21-22-23-24-28-38(29-25-32(2)35(39)40,30-26-33(3)36(41)42)31-27-34(4)37(43)44/h12-13,32-34H,5-11,14-31H2,1-4H3,(H2-,39,40,41,42,43,44)/p+1/b13-12+. The monoisotopic (exact) mass is 625 g/mol. The number of hydrogen-bond donors (Lipinski definition) is 3. The van der Waals surface area contributed by atoms with E-state index in [-0.39, 0.29) is 0 Å². The normalized spacial score (nSPS) is 15.2. The van der Waals surface area contributed by atoms with Gasteiger partial charge in [-0.25, -0.2) is 0 Å². The highest BCUT2D eigenvalue weighted by Gasteiger charge is 2.31. The Balaban J connectivity index is 4.40. The molecule has 7 heteroatoms. The topological polar surface area (TPSA) is 112 Å². The number of carboxylic acid groups (broad SMARTS) is 3. The van der Waals surface area contributed by atoms with Gasteiger partial charge in [0, 0.05) is 19.3 Å². The van der Waals surface area contributed by atoms with Gasteiger partial charge >= 0.3 is 17.9 Å². The smallest absolute Gasteiger partial charge is 0.306 e. The van der Waals surface area contributed by atoms with Crippen molar-refractivity contribution in [2.24, 2.45) is 17.8 Å². The first kappa shape index (κ1) is 42.1. The van der Waals surface area contributed by atoms with Crippen molar-refractivity contribution in [3.8, 4) is 0 Å². The number of hydrogen-bond acceptors (Lipinski definition) is 3. The fraction of sp³-hybridized carbons (Fsp3) is 0.865. The van der Waals surface area contributed by atoms with E-state index in [9.17, 15) is 29.7 Å². The minimum absolute atomic E-state index is 0.479. The number of allylic oxidation sites excluding steroid dienone is 2. The molecule has 0 aliphatic rings. The number of nitrogens with zero attached hydrogens (tertiary/aromatic N) is 1. The summed E-state index contributed by atoms with van der Waals surface area (Å²) in [7, 11) is 0. The molecule has 0 bridgehead atoms. The van der Waals surface area contributed by atoms with Crippen molar-refractivity contribution in [2.45, 2.75) is 163 Å². The lowest BCUT2D eigenvalue weighted by molar-refractivity contribution is -0.929. The Kier molecular flexibility index (Phi) is 26.2. The SMILES string of the molecule is CCCCCCCC/C=C/CCCCCCCCCCCC[N+](CCC(C)C(=O)O)(CCC(C)C(=O)O)CCC(C)C(=O)O. The fourth-order valence-corrected chi connectivity index (χ4v) is 5.85. The zero-order valence-corrected chi connectivity index (χ0v) is 29.1. The van der Waals surface area contributed by atoms with E-state index in [2.05, 4.69) is 19.1 Å². The summed E-state index contributed by atoms with van der Waals surface area (Å²) < 4.78 is 0.612. The lowest BCUT2D eigenvalue weighted by atomic mass is 10.0. The number of carboxylic acids is 3. The maximum atomic E-state index is 11.5. The van der Waals surface area contributed by atoms with Crippen LogP contribution in [0.1, 0.15) is 163 Å². The molecule has 0 aromatic carbocycles. The molecule has 3 unspecified atom stereocenters. The average molecular weight is 625 g/mol. The van der Waals surface area contributed by atoms with E-state index in [0.29, 0.717) is 43.4 Å². The van der Waals surface area contributed by atoms with Gasteiger partial charge in [-0.05, 0) is 38.5 Å². The highest BCUT2D eigenvalue weighted by Crippen LogP contribution is 2.22. The number of carbonyl (C=O) groups is 3. The summed E-state index contributed by atoms with van der Waals surface area (Å²) >= 11 is 0. The van der Waals surface area contributed by atoms with Crippen molar-refractivity contribution in [2.75, 3.05) is 26.2 Å². The van der Waals surface area contributed by atoms with Crippen molar-refractivity contribution in [3.63, 3.8) is 0 Å². The van der Waals surface area contributed by atoms with Crippen LogP contribution in [0.25, 0.3) is 0 Å². The van der Waals surface area contributed by atoms with Gasteiger partial charge in [-0.2, -0.15) is 0 Å². The molecule has 0 aliphatic heterocycles. The Morgan fingerprint density at radius 2 is 0.773 bits per heavy atom. The van der Waals surface area contributed by atoms with Gasteiger partial charge in [0.25, 0.3) is 0 Å². The third kappa shape index (κ3) is 23.5. The summed E-state index contributed by atoms with van der Waals surface area (Å²) in [6, 6.07) is 0. The second-order valence-electron chi connectivity index (χ2n) is 13.7. The Labute approximate surface area is 270 Å². The minimum atomic E-state index is -0.823. The van der Waals surface area contributed by atoms with Crippen molar-refractivity contribution >= 4 is 17.9 Å². The third-order valence-electron chi connectivity index (χ3n) is 9.52. The van der Waals surface area contributed by atoms with Gasteiger partial charge in [0.05, 0.1) is 43.9 Å². The van der Waals surface area contributed by atoms with Crippen LogP contribution < -0.4 is 0 Å². The summed E-state index contributed by atoms with van der Waals surface area (Å²) in [5, 5.41) is 28.3. The summed E-state index contributed by atoms with van der Waals surface area (Å²) in [5.41, 5.74) is 0. The molecule has 0 rings (SSSR count). The summed E-state index contributed by atoms with van der Waals surface area (Å²) in [5.74, 6) is -3.90. The van der Waals surface area contributed by atoms with E-state index in [1.54, 1.807) is 20.8 Å². The molecule has 0 aliphatic carbocycles. The van der Waals surface area contributed by atoms with E-state index < -0.39 is 35.7 Å². The van der Waals surface area contributed by atoms with Crippen LogP contribution in [0.15, 0.2) is 12.2 Å². The first-order chi connectivity index (χ1) is 21.0. The van der Waals surface area contributed by atoms with Gasteiger partial charge in [0.2, 0.25) is 0 Å². The molecular weight excluding hydrogens is 554 g/mol. The van der Waals surface area contributed by atoms with Crippen LogP contribution in [-0.2, 0) is 14.4 Å². The van der Waals surface area contributed by atoms with Crippen LogP contribution in [0.2, 0.25) is 0 Å². The molecule has 3 atom stereocenters. The molecule has 44 heavy (non-hydrogen) atoms. The van der Waals surface area contributed by atoms with Gasteiger partial charge in [0.15, 0.2) is 0 Å². The van der Waals surface area contributed by atoms with Crippen molar-refractivity contribution in [1.82, 2.24) is 0 Å². The number of unbranched alkanes of at least 4 members (excludes halogenated alkanes) is 16. The molecule has 0 fully saturated rings. The molecule has 0 spiro atoms. The van der Waals surface area contributed by atoms with Crippen molar-refractivity contribution in [1.29, 1.82) is 0 Å². The lowest BCUT2D eigenvalue weighted by Gasteiger charge is -2.40. The maximum Gasteiger partial charge on any atom is 0.306 e. The predicted molar refractivity (Wildman–Crippen MR) is 182 cm³/mol. The molecule has 0 heterocycles. The molecule has 0 saturated heterocycles. The molecule has 0 radical (unpaired) electrons. The fourth-order valence-electron chi connectivity index (χ4n) is 5.85. The molecule has 0 saturated carbocycles. The zero-order chi connectivity index (χ0) is 33.1. The maximum absolute atomic E-state index is 11.5. The molecule has 3 N–H and O–H groups in total. The van der Waals surface area contributed by atoms with Crippen LogP contribution in [0.3, 0.4) is 0 Å². The summed E-state index contributed by atoms with van der Waals surface area (Å²) in [6.07, 6.45) is 29.2. The Morgan fingerprint density at radius 3 is 1.09 bits per heavy atom. The van der Waals surface area contributed by atoms with E-state index in [1.165, 1.54) is 103 Å². The second-order valence-corrected chi connectivity index (χ2v) is 13.7. The van der Waals surface area contributed by atoms with Crippen LogP contribution in [-0.4, -0.2) is 63.9 Å². The van der Waals surface area contributed by atoms with E-state index >= 15 is 0 Å². The van der Waals surface area contributed by atoms with Gasteiger partial charge in [-0.1, -0.05) is 117 Å². The quantitative estimate of drug-likeness (QED) is 0.0390. The number of rotatable bonds is 32. The third-order valence-corrected chi connectivity index (χ3v) is 9.52. The van der Waals surface area contributed by atoms with Gasteiger partial charge in [-0.15, -0.1) is 0 Å². The second kappa shape index (κ2) is 27.4. The van der Waals surface area contributed by atoms with Gasteiger partial charge < -0.3 is 19.8 Å². The molecule has 258 valence electrons. The van der Waals surface area contributed by atoms with Crippen molar-refractivity contribution < 1.29 is 34.2 Å². The first-order valence-electron chi connectivity index (χ1n) is 18.2. The van der Waals surface area contributed by atoms with Crippen LogP contribution in [0, 0.1) is 17.8 Å². The molecule has 0 amide bonds. The predicted octanol–water partition coefficient (Wildman–Crippen LogP) is 9.73. The minimum Gasteiger partial charge on any atom is -0.481 e. The summed E-state index contributed by atoms with van der Waals surface area (Å²) in [6.45, 7) is 10.2. The van der Waals surface area contributed by atoms with Crippen LogP contribution >= 0.6 is 0 Å². The molecule has 0 aromatic heterocycles.